The first-order valence-corrected chi connectivity index (χ1v) is 5.96. The van der Waals surface area contributed by atoms with E-state index in [0.29, 0.717) is 0 Å². The normalized spacial score (nSPS) is 20.0. The molecule has 0 saturated heterocycles. The number of alkyl halides is 3. The summed E-state index contributed by atoms with van der Waals surface area (Å²) in [5, 5.41) is 18.0. The number of aliphatic hydroxyl groups excluding tert-OH is 1. The minimum atomic E-state index is -4.52. The smallest absolute Gasteiger partial charge is 0.416 e. The van der Waals surface area contributed by atoms with E-state index < -0.39 is 17.8 Å². The van der Waals surface area contributed by atoms with E-state index in [0.717, 1.165) is 18.2 Å². The van der Waals surface area contributed by atoms with E-state index in [1.807, 2.05) is 0 Å². The largest absolute Gasteiger partial charge is 0.509 e. The second-order valence-electron chi connectivity index (χ2n) is 4.56. The monoisotopic (exact) mass is 300 g/mol. The molecule has 1 aromatic carbocycles. The van der Waals surface area contributed by atoms with Gasteiger partial charge < -0.3 is 10.0 Å². The second-order valence-corrected chi connectivity index (χ2v) is 4.56. The highest BCUT2D eigenvalue weighted by molar-refractivity contribution is 6.24. The molecule has 0 radical (unpaired) electrons. The molecule has 2 N–H and O–H groups in total. The number of nitrogens with zero attached hydrogens (tertiary/aromatic N) is 1. The van der Waals surface area contributed by atoms with Gasteiger partial charge in [-0.2, -0.15) is 13.2 Å². The van der Waals surface area contributed by atoms with Gasteiger partial charge in [-0.05, 0) is 23.8 Å². The molecule has 1 heterocycles. The van der Waals surface area contributed by atoms with Gasteiger partial charge in [-0.15, -0.1) is 0 Å². The summed E-state index contributed by atoms with van der Waals surface area (Å²) in [7, 11) is 1.45. The Morgan fingerprint density at radius 2 is 2.00 bits per heavy atom. The first-order valence-electron chi connectivity index (χ1n) is 5.96. The average molecular weight is 300 g/mol. The Balaban J connectivity index is 2.53. The lowest BCUT2D eigenvalue weighted by molar-refractivity contribution is -0.137. The summed E-state index contributed by atoms with van der Waals surface area (Å²) >= 11 is 0. The number of benzene rings is 1. The van der Waals surface area contributed by atoms with Crippen molar-refractivity contribution in [1.82, 2.24) is 4.90 Å². The number of rotatable bonds is 2. The highest BCUT2D eigenvalue weighted by Crippen LogP contribution is 2.35. The fourth-order valence-corrected chi connectivity index (χ4v) is 2.19. The van der Waals surface area contributed by atoms with Gasteiger partial charge in [0.25, 0.3) is 0 Å². The second kappa shape index (κ2) is 5.23. The molecule has 2 rings (SSSR count). The topological polar surface area (TPSA) is 47.3 Å². The molecule has 7 heteroatoms. The van der Waals surface area contributed by atoms with Crippen molar-refractivity contribution >= 4 is 11.4 Å². The van der Waals surface area contributed by atoms with E-state index in [1.165, 1.54) is 24.1 Å². The standard InChI is InChI=1S/C14H12F4N2O/c1-20-10(5-6-15)12(21)11(13(20)19)8-3-2-4-9(7-8)14(16,17)18/h2-7,10,19,21H,1H3. The van der Waals surface area contributed by atoms with Crippen molar-refractivity contribution in [3.63, 3.8) is 0 Å². The lowest BCUT2D eigenvalue weighted by Gasteiger charge is -2.18. The maximum atomic E-state index is 12.7. The Hall–Kier alpha value is -2.31. The predicted molar refractivity (Wildman–Crippen MR) is 70.5 cm³/mol. The molecule has 1 aliphatic heterocycles. The highest BCUT2D eigenvalue weighted by atomic mass is 19.4. The van der Waals surface area contributed by atoms with Gasteiger partial charge in [-0.25, -0.2) is 4.39 Å². The predicted octanol–water partition coefficient (Wildman–Crippen LogP) is 3.75. The van der Waals surface area contributed by atoms with Crippen molar-refractivity contribution in [2.45, 2.75) is 12.2 Å². The molecule has 1 aromatic rings. The van der Waals surface area contributed by atoms with Crippen molar-refractivity contribution < 1.29 is 22.7 Å². The Morgan fingerprint density at radius 1 is 1.33 bits per heavy atom. The zero-order valence-electron chi connectivity index (χ0n) is 10.9. The highest BCUT2D eigenvalue weighted by Gasteiger charge is 2.35. The van der Waals surface area contributed by atoms with Gasteiger partial charge in [0.2, 0.25) is 0 Å². The van der Waals surface area contributed by atoms with Crippen molar-refractivity contribution in [2.75, 3.05) is 7.05 Å². The van der Waals surface area contributed by atoms with Gasteiger partial charge in [-0.3, -0.25) is 5.41 Å². The Bertz CT molecular complexity index is 634. The molecule has 0 spiro atoms. The van der Waals surface area contributed by atoms with Gasteiger partial charge in [0.05, 0.1) is 17.5 Å². The number of hydrogen-bond donors (Lipinski definition) is 2. The number of aliphatic hydroxyl groups is 1. The molecule has 1 unspecified atom stereocenters. The van der Waals surface area contributed by atoms with E-state index in [2.05, 4.69) is 0 Å². The average Bonchev–Trinajstić information content (AvgIpc) is 2.62. The molecule has 1 atom stereocenters. The number of nitrogens with one attached hydrogen (secondary N) is 1. The van der Waals surface area contributed by atoms with Crippen LogP contribution in [0.4, 0.5) is 17.6 Å². The maximum absolute atomic E-state index is 12.7. The molecular weight excluding hydrogens is 288 g/mol. The van der Waals surface area contributed by atoms with E-state index >= 15 is 0 Å². The van der Waals surface area contributed by atoms with Crippen molar-refractivity contribution in [3.8, 4) is 0 Å². The van der Waals surface area contributed by atoms with Crippen LogP contribution in [0.1, 0.15) is 11.1 Å². The van der Waals surface area contributed by atoms with Crippen LogP contribution < -0.4 is 0 Å². The zero-order valence-corrected chi connectivity index (χ0v) is 10.9. The Labute approximate surface area is 118 Å². The molecule has 1 aliphatic rings. The third-order valence-electron chi connectivity index (χ3n) is 3.28. The lowest BCUT2D eigenvalue weighted by Crippen LogP contribution is -2.29. The van der Waals surface area contributed by atoms with Crippen LogP contribution in [0.3, 0.4) is 0 Å². The third kappa shape index (κ3) is 2.63. The van der Waals surface area contributed by atoms with Crippen molar-refractivity contribution in [2.24, 2.45) is 0 Å². The molecule has 112 valence electrons. The lowest BCUT2D eigenvalue weighted by atomic mass is 10.0. The summed E-state index contributed by atoms with van der Waals surface area (Å²) in [6, 6.07) is 3.43. The molecule has 0 amide bonds. The molecule has 0 aliphatic carbocycles. The summed E-state index contributed by atoms with van der Waals surface area (Å²) < 4.78 is 50.5. The van der Waals surface area contributed by atoms with Gasteiger partial charge in [0, 0.05) is 7.05 Å². The maximum Gasteiger partial charge on any atom is 0.416 e. The fourth-order valence-electron chi connectivity index (χ4n) is 2.19. The minimum absolute atomic E-state index is 0.0355. The van der Waals surface area contributed by atoms with Crippen LogP contribution in [-0.2, 0) is 6.18 Å². The van der Waals surface area contributed by atoms with E-state index in [-0.39, 0.29) is 29.1 Å². The first kappa shape index (κ1) is 15.1. The quantitative estimate of drug-likeness (QED) is 0.817. The molecule has 3 nitrogen and oxygen atoms in total. The van der Waals surface area contributed by atoms with Crippen LogP contribution in [0.2, 0.25) is 0 Å². The molecular formula is C14H12F4N2O. The summed E-state index contributed by atoms with van der Waals surface area (Å²) in [4.78, 5) is 1.26. The Kier molecular flexibility index (Phi) is 3.76. The van der Waals surface area contributed by atoms with Gasteiger partial charge >= 0.3 is 6.18 Å². The SMILES string of the molecule is CN1C(=N)C(c2cccc(C(F)(F)F)c2)=C(O)C1C=CF. The van der Waals surface area contributed by atoms with Crippen LogP contribution in [0.25, 0.3) is 5.57 Å². The minimum Gasteiger partial charge on any atom is -0.509 e. The van der Waals surface area contributed by atoms with Crippen molar-refractivity contribution in [1.29, 1.82) is 5.41 Å². The van der Waals surface area contributed by atoms with Gasteiger partial charge in [0.15, 0.2) is 0 Å². The number of likely N-dealkylation sites (N-methyl/N-ethyl adjacent to an activating group) is 1. The summed E-state index contributed by atoms with van der Waals surface area (Å²) in [5.41, 5.74) is -0.846. The molecule has 0 bridgehead atoms. The number of halogens is 4. The number of hydrogen-bond acceptors (Lipinski definition) is 2. The molecule has 0 fully saturated rings. The molecule has 0 aromatic heterocycles. The number of amidine groups is 1. The van der Waals surface area contributed by atoms with Crippen LogP contribution in [0, 0.1) is 5.41 Å². The van der Waals surface area contributed by atoms with Gasteiger partial charge in [-0.1, -0.05) is 12.1 Å². The fraction of sp³-hybridized carbons (Fsp3) is 0.214. The van der Waals surface area contributed by atoms with Crippen LogP contribution in [-0.4, -0.2) is 28.9 Å². The Morgan fingerprint density at radius 3 is 2.57 bits per heavy atom. The van der Waals surface area contributed by atoms with Crippen LogP contribution in [0.15, 0.2) is 42.4 Å². The van der Waals surface area contributed by atoms with E-state index in [9.17, 15) is 22.7 Å². The van der Waals surface area contributed by atoms with Crippen LogP contribution in [0.5, 0.6) is 0 Å². The summed E-state index contributed by atoms with van der Waals surface area (Å²) in [6.45, 7) is 0. The van der Waals surface area contributed by atoms with Gasteiger partial charge in [0.1, 0.15) is 17.6 Å². The molecule has 21 heavy (non-hydrogen) atoms. The summed E-state index contributed by atoms with van der Waals surface area (Å²) in [6.07, 6.45) is -3.28. The zero-order chi connectivity index (χ0) is 15.8. The third-order valence-corrected chi connectivity index (χ3v) is 3.28. The molecule has 0 saturated carbocycles. The summed E-state index contributed by atoms with van der Waals surface area (Å²) in [5.74, 6) is -0.523. The first-order chi connectivity index (χ1) is 9.77. The van der Waals surface area contributed by atoms with E-state index in [4.69, 9.17) is 5.41 Å². The van der Waals surface area contributed by atoms with E-state index in [1.54, 1.807) is 0 Å². The van der Waals surface area contributed by atoms with Crippen molar-refractivity contribution in [3.05, 3.63) is 53.6 Å². The van der Waals surface area contributed by atoms with Crippen LogP contribution >= 0.6 is 0 Å².